The predicted molar refractivity (Wildman–Crippen MR) is 122 cm³/mol. The number of hydrogen-bond donors (Lipinski definition) is 0. The molecule has 5 rings (SSSR count). The van der Waals surface area contributed by atoms with Gasteiger partial charge in [-0.15, -0.1) is 11.3 Å². The molecule has 0 amide bonds. The number of ether oxygens (including phenoxy) is 1. The summed E-state index contributed by atoms with van der Waals surface area (Å²) in [5.41, 5.74) is 2.30. The first-order valence-electron chi connectivity index (χ1n) is 9.32. The number of fused-ring (bicyclic) bond motifs is 5. The Morgan fingerprint density at radius 3 is 2.79 bits per heavy atom. The van der Waals surface area contributed by atoms with Crippen LogP contribution >= 0.6 is 43.2 Å². The molecule has 4 aromatic rings. The molecule has 2 aromatic carbocycles. The summed E-state index contributed by atoms with van der Waals surface area (Å²) in [6.45, 7) is 4.37. The molecule has 7 heteroatoms. The van der Waals surface area contributed by atoms with Crippen LogP contribution in [0.4, 0.5) is 4.39 Å². The number of thiazole rings is 1. The summed E-state index contributed by atoms with van der Waals surface area (Å²) in [4.78, 5) is 5.62. The maximum Gasteiger partial charge on any atom is 0.213 e. The van der Waals surface area contributed by atoms with Gasteiger partial charge in [0.05, 0.1) is 26.7 Å². The Morgan fingerprint density at radius 2 is 2.00 bits per heavy atom. The van der Waals surface area contributed by atoms with Crippen LogP contribution in [0.1, 0.15) is 30.0 Å². The second kappa shape index (κ2) is 7.22. The molecule has 0 fully saturated rings. The molecule has 29 heavy (non-hydrogen) atoms. The molecule has 1 aliphatic rings. The van der Waals surface area contributed by atoms with E-state index in [4.69, 9.17) is 4.74 Å². The molecule has 0 radical (unpaired) electrons. The van der Waals surface area contributed by atoms with Gasteiger partial charge in [-0.25, -0.2) is 9.37 Å². The smallest absolute Gasteiger partial charge is 0.213 e. The van der Waals surface area contributed by atoms with Gasteiger partial charge < -0.3 is 4.74 Å². The van der Waals surface area contributed by atoms with Gasteiger partial charge in [-0.05, 0) is 42.3 Å². The molecule has 148 valence electrons. The Bertz CT molecular complexity index is 1250. The van der Waals surface area contributed by atoms with E-state index < -0.39 is 0 Å². The van der Waals surface area contributed by atoms with Gasteiger partial charge in [0.25, 0.3) is 0 Å². The van der Waals surface area contributed by atoms with Gasteiger partial charge in [0.15, 0.2) is 0 Å². The van der Waals surface area contributed by atoms with Gasteiger partial charge in [-0.1, -0.05) is 45.7 Å². The number of halogens is 3. The second-order valence-corrected chi connectivity index (χ2v) is 10.6. The Hall–Kier alpha value is -1.70. The van der Waals surface area contributed by atoms with Crippen molar-refractivity contribution in [2.45, 2.75) is 26.5 Å². The van der Waals surface area contributed by atoms with E-state index in [2.05, 4.69) is 55.3 Å². The van der Waals surface area contributed by atoms with Crippen LogP contribution < -0.4 is 4.74 Å². The van der Waals surface area contributed by atoms with Crippen molar-refractivity contribution in [2.75, 3.05) is 0 Å². The lowest BCUT2D eigenvalue weighted by Crippen LogP contribution is -2.22. The molecule has 3 heterocycles. The molecule has 1 atom stereocenters. The van der Waals surface area contributed by atoms with Crippen LogP contribution in [0.15, 0.2) is 51.5 Å². The summed E-state index contributed by atoms with van der Waals surface area (Å²) in [6, 6.07) is 11.4. The van der Waals surface area contributed by atoms with Crippen molar-refractivity contribution in [3.63, 3.8) is 0 Å². The van der Waals surface area contributed by atoms with Crippen molar-refractivity contribution < 1.29 is 9.13 Å². The van der Waals surface area contributed by atoms with E-state index in [9.17, 15) is 4.39 Å². The van der Waals surface area contributed by atoms with Gasteiger partial charge in [0.1, 0.15) is 11.6 Å². The van der Waals surface area contributed by atoms with Gasteiger partial charge in [0.2, 0.25) is 6.23 Å². The van der Waals surface area contributed by atoms with E-state index in [1.807, 2.05) is 36.5 Å². The van der Waals surface area contributed by atoms with E-state index in [1.165, 1.54) is 6.07 Å². The molecule has 0 aliphatic carbocycles. The Morgan fingerprint density at radius 1 is 1.17 bits per heavy atom. The topological polar surface area (TPSA) is 27.1 Å². The molecule has 0 spiro atoms. The van der Waals surface area contributed by atoms with E-state index in [0.29, 0.717) is 21.7 Å². The molecule has 0 saturated heterocycles. The summed E-state index contributed by atoms with van der Waals surface area (Å²) in [6.07, 6.45) is 2.43. The summed E-state index contributed by atoms with van der Waals surface area (Å²) < 4.78 is 25.0. The lowest BCUT2D eigenvalue weighted by atomic mass is 10.1. The lowest BCUT2D eigenvalue weighted by Gasteiger charge is -2.29. The highest BCUT2D eigenvalue weighted by atomic mass is 79.9. The summed E-state index contributed by atoms with van der Waals surface area (Å²) in [7, 11) is 0. The third-order valence-corrected chi connectivity index (χ3v) is 6.95. The largest absolute Gasteiger partial charge is 0.464 e. The third-order valence-electron chi connectivity index (χ3n) is 4.95. The zero-order chi connectivity index (χ0) is 20.3. The van der Waals surface area contributed by atoms with E-state index in [0.717, 1.165) is 37.4 Å². The Balaban J connectivity index is 1.74. The minimum Gasteiger partial charge on any atom is -0.464 e. The van der Waals surface area contributed by atoms with Crippen molar-refractivity contribution in [1.29, 1.82) is 0 Å². The Labute approximate surface area is 188 Å². The van der Waals surface area contributed by atoms with Crippen molar-refractivity contribution in [2.24, 2.45) is 5.92 Å². The van der Waals surface area contributed by atoms with Crippen molar-refractivity contribution >= 4 is 54.1 Å². The predicted octanol–water partition coefficient (Wildman–Crippen LogP) is 7.57. The lowest BCUT2D eigenvalue weighted by molar-refractivity contribution is 0.175. The molecule has 1 unspecified atom stereocenters. The van der Waals surface area contributed by atoms with Gasteiger partial charge in [-0.3, -0.25) is 4.57 Å². The Kier molecular flexibility index (Phi) is 4.80. The molecule has 0 N–H and O–H groups in total. The standard InChI is InChI=1S/C22H17Br2FN2OS/c1-11(2)5-20-26-10-19(29-20)22-27-16-4-3-13(23)6-12(16)7-17(27)21-15(25)8-14(24)9-18(21)28-22/h3-4,6-11,22H,5H2,1-2H3. The van der Waals surface area contributed by atoms with E-state index in [-0.39, 0.29) is 12.0 Å². The second-order valence-electron chi connectivity index (χ2n) is 7.59. The van der Waals surface area contributed by atoms with Crippen LogP contribution in [0.3, 0.4) is 0 Å². The summed E-state index contributed by atoms with van der Waals surface area (Å²) >= 11 is 8.59. The monoisotopic (exact) mass is 534 g/mol. The highest BCUT2D eigenvalue weighted by Crippen LogP contribution is 2.47. The quantitative estimate of drug-likeness (QED) is 0.270. The first-order chi connectivity index (χ1) is 13.9. The van der Waals surface area contributed by atoms with E-state index >= 15 is 0 Å². The average Bonchev–Trinajstić information content (AvgIpc) is 3.23. The molecule has 2 aromatic heterocycles. The molecule has 0 bridgehead atoms. The van der Waals surface area contributed by atoms with Crippen molar-refractivity contribution in [3.05, 3.63) is 67.2 Å². The van der Waals surface area contributed by atoms with Crippen molar-refractivity contribution in [3.8, 4) is 17.0 Å². The number of nitrogens with zero attached hydrogens (tertiary/aromatic N) is 2. The zero-order valence-corrected chi connectivity index (χ0v) is 19.7. The van der Waals surface area contributed by atoms with E-state index in [1.54, 1.807) is 11.3 Å². The average molecular weight is 536 g/mol. The third kappa shape index (κ3) is 3.33. The van der Waals surface area contributed by atoms with Crippen LogP contribution in [0.25, 0.3) is 22.2 Å². The maximum absolute atomic E-state index is 15.0. The van der Waals surface area contributed by atoms with Gasteiger partial charge in [0, 0.05) is 26.9 Å². The first-order valence-corrected chi connectivity index (χ1v) is 11.7. The molecule has 1 aliphatic heterocycles. The maximum atomic E-state index is 15.0. The van der Waals surface area contributed by atoms with Crippen LogP contribution in [0.5, 0.6) is 5.75 Å². The summed E-state index contributed by atoms with van der Waals surface area (Å²) in [5, 5.41) is 2.12. The van der Waals surface area contributed by atoms with Crippen LogP contribution in [0.2, 0.25) is 0 Å². The zero-order valence-electron chi connectivity index (χ0n) is 15.7. The van der Waals surface area contributed by atoms with Crippen LogP contribution in [-0.2, 0) is 6.42 Å². The number of hydrogen-bond acceptors (Lipinski definition) is 3. The molecular formula is C22H17Br2FN2OS. The number of aromatic nitrogens is 2. The highest BCUT2D eigenvalue weighted by molar-refractivity contribution is 9.10. The van der Waals surface area contributed by atoms with Gasteiger partial charge in [-0.2, -0.15) is 0 Å². The fourth-order valence-corrected chi connectivity index (χ4v) is 5.73. The highest BCUT2D eigenvalue weighted by Gasteiger charge is 2.32. The molecule has 3 nitrogen and oxygen atoms in total. The van der Waals surface area contributed by atoms with Crippen molar-refractivity contribution in [1.82, 2.24) is 9.55 Å². The normalized spacial score (nSPS) is 15.4. The fourth-order valence-electron chi connectivity index (χ4n) is 3.78. The minimum absolute atomic E-state index is 0.305. The minimum atomic E-state index is -0.386. The number of rotatable bonds is 3. The number of benzene rings is 2. The molecule has 0 saturated carbocycles. The summed E-state index contributed by atoms with van der Waals surface area (Å²) in [5.74, 6) is 0.767. The van der Waals surface area contributed by atoms with Crippen LogP contribution in [-0.4, -0.2) is 9.55 Å². The van der Waals surface area contributed by atoms with Crippen LogP contribution in [0, 0.1) is 11.7 Å². The molecular weight excluding hydrogens is 519 g/mol. The first kappa shape index (κ1) is 19.3. The SMILES string of the molecule is CC(C)Cc1ncc(C2Oc3cc(Br)cc(F)c3-c3cc4cc(Br)ccc4n32)s1. The van der Waals surface area contributed by atoms with Gasteiger partial charge >= 0.3 is 0 Å². The fraction of sp³-hybridized carbons (Fsp3) is 0.227.